The van der Waals surface area contributed by atoms with Crippen LogP contribution in [0.2, 0.25) is 3.63 Å². The van der Waals surface area contributed by atoms with Gasteiger partial charge in [-0.1, -0.05) is 0 Å². The van der Waals surface area contributed by atoms with Crippen molar-refractivity contribution in [3.05, 3.63) is 163 Å². The average molecular weight is 937 g/mol. The van der Waals surface area contributed by atoms with Crippen LogP contribution in [0.4, 0.5) is 0 Å². The van der Waals surface area contributed by atoms with E-state index >= 15 is 0 Å². The van der Waals surface area contributed by atoms with E-state index in [2.05, 4.69) is 221 Å². The molecule has 2 fully saturated rings. The normalized spacial score (nSPS) is 39.9. The van der Waals surface area contributed by atoms with E-state index in [0.717, 1.165) is 15.4 Å². The second-order valence-corrected chi connectivity index (χ2v) is 25.3. The van der Waals surface area contributed by atoms with Gasteiger partial charge in [0.25, 0.3) is 0 Å². The molecule has 0 radical (unpaired) electrons. The molecular weight excluding hydrogens is 886 g/mol. The Labute approximate surface area is 349 Å². The van der Waals surface area contributed by atoms with E-state index in [-0.39, 0.29) is 62.7 Å². The van der Waals surface area contributed by atoms with Crippen molar-refractivity contribution in [2.75, 3.05) is 0 Å². The maximum absolute atomic E-state index is 3.78. The Morgan fingerprint density at radius 3 is 1.60 bits per heavy atom. The fourth-order valence-corrected chi connectivity index (χ4v) is 24.9. The Bertz CT molecular complexity index is 2030. The van der Waals surface area contributed by atoms with Crippen LogP contribution < -0.4 is 24.8 Å². The molecule has 9 atom stereocenters. The molecule has 0 aromatic heterocycles. The molecule has 0 heterocycles. The predicted molar refractivity (Wildman–Crippen MR) is 217 cm³/mol. The molecule has 0 amide bonds. The second kappa shape index (κ2) is 13.4. The topological polar surface area (TPSA) is 0 Å². The quantitative estimate of drug-likeness (QED) is 0.299. The van der Waals surface area contributed by atoms with Gasteiger partial charge in [0.1, 0.15) is 0 Å². The summed E-state index contributed by atoms with van der Waals surface area (Å²) in [7, 11) is 0. The summed E-state index contributed by atoms with van der Waals surface area (Å²) in [5.74, 6) is 0.401. The van der Waals surface area contributed by atoms with Gasteiger partial charge in [-0.3, -0.25) is 0 Å². The summed E-state index contributed by atoms with van der Waals surface area (Å²) in [5.41, 5.74) is 3.61. The average Bonchev–Trinajstić information content (AvgIpc) is 3.69. The van der Waals surface area contributed by atoms with E-state index in [1.807, 2.05) is 0 Å². The zero-order valence-corrected chi connectivity index (χ0v) is 38.7. The molecule has 0 bridgehead atoms. The zero-order chi connectivity index (χ0) is 35.5. The molecule has 2 saturated carbocycles. The molecule has 270 valence electrons. The third kappa shape index (κ3) is 4.62. The van der Waals surface area contributed by atoms with Crippen LogP contribution in [-0.4, -0.2) is 3.21 Å². The second-order valence-electron chi connectivity index (χ2n) is 17.1. The van der Waals surface area contributed by atoms with Crippen LogP contribution in [-0.2, 0) is 21.3 Å². The van der Waals surface area contributed by atoms with Gasteiger partial charge in [-0.15, -0.1) is 0 Å². The Morgan fingerprint density at radius 2 is 1.10 bits per heavy atom. The predicted octanol–water partition coefficient (Wildman–Crippen LogP) is 7.49. The number of hydrogen-bond donors (Lipinski definition) is 0. The molecule has 0 saturated heterocycles. The van der Waals surface area contributed by atoms with E-state index in [9.17, 15) is 0 Å². The van der Waals surface area contributed by atoms with Crippen molar-refractivity contribution >= 4 is 35.1 Å². The molecule has 0 aliphatic heterocycles. The maximum atomic E-state index is 3.78. The molecule has 2 aromatic carbocycles. The molecule has 0 nitrogen and oxygen atoms in total. The van der Waals surface area contributed by atoms with E-state index in [4.69, 9.17) is 0 Å². The van der Waals surface area contributed by atoms with Crippen LogP contribution in [0.15, 0.2) is 151 Å². The van der Waals surface area contributed by atoms with Crippen LogP contribution in [0.5, 0.6) is 0 Å². The minimum absolute atomic E-state index is 0. The van der Waals surface area contributed by atoms with Gasteiger partial charge < -0.3 is 24.8 Å². The Kier molecular flexibility index (Phi) is 10.4. The number of fused-ring (bicyclic) bond motifs is 8. The van der Waals surface area contributed by atoms with Crippen LogP contribution >= 0.6 is 31.9 Å². The van der Waals surface area contributed by atoms with Gasteiger partial charge in [0.2, 0.25) is 0 Å². The molecule has 5 heteroatoms. The van der Waals surface area contributed by atoms with Crippen molar-refractivity contribution < 1.29 is 46.1 Å². The van der Waals surface area contributed by atoms with Crippen LogP contribution in [0.1, 0.15) is 72.9 Å². The summed E-state index contributed by atoms with van der Waals surface area (Å²) in [6.45, 7) is 21.3. The van der Waals surface area contributed by atoms with Gasteiger partial charge in [-0.25, -0.2) is 0 Å². The third-order valence-electron chi connectivity index (χ3n) is 16.5. The van der Waals surface area contributed by atoms with Crippen molar-refractivity contribution in [2.24, 2.45) is 43.8 Å². The minimum Gasteiger partial charge on any atom is -1.00 e. The van der Waals surface area contributed by atoms with E-state index in [1.54, 1.807) is 12.1 Å². The summed E-state index contributed by atoms with van der Waals surface area (Å²) in [5, 5.41) is 0. The van der Waals surface area contributed by atoms with Gasteiger partial charge in [0, 0.05) is 0 Å². The number of benzene rings is 2. The van der Waals surface area contributed by atoms with Crippen LogP contribution in [0, 0.1) is 43.8 Å². The number of allylic oxidation sites excluding steroid dienone is 16. The Balaban J connectivity index is 0.00000232. The summed E-state index contributed by atoms with van der Waals surface area (Å²) in [4.78, 5) is 0. The van der Waals surface area contributed by atoms with Crippen LogP contribution in [0.3, 0.4) is 0 Å². The SMILES string of the molecule is CC1=CC=CC2[CH]([Zr+2]([C]3=CC=CC3)=[C](c3ccc(Br)cc3)c3ccc(Br)cc3)C3(C)C4(C)C=CC=CC4(C)C4(C)C=CC=CC4(C)C3(C)C12C.[Cl-].[Cl-]. The fraction of sp³-hybridized carbons (Fsp3) is 0.383. The van der Waals surface area contributed by atoms with Crippen molar-refractivity contribution in [1.29, 1.82) is 0 Å². The van der Waals surface area contributed by atoms with Gasteiger partial charge in [-0.2, -0.15) is 0 Å². The minimum atomic E-state index is -2.97. The summed E-state index contributed by atoms with van der Waals surface area (Å²) in [6, 6.07) is 18.6. The Hall–Kier alpha value is -1.35. The first-order valence-corrected chi connectivity index (χ1v) is 23.8. The summed E-state index contributed by atoms with van der Waals surface area (Å²) >= 11 is 4.59. The van der Waals surface area contributed by atoms with Gasteiger partial charge >= 0.3 is 328 Å². The monoisotopic (exact) mass is 932 g/mol. The largest absolute Gasteiger partial charge is 1.00 e. The molecule has 6 aliphatic carbocycles. The molecule has 6 aliphatic rings. The molecule has 0 spiro atoms. The van der Waals surface area contributed by atoms with Crippen molar-refractivity contribution in [2.45, 2.75) is 65.4 Å². The zero-order valence-electron chi connectivity index (χ0n) is 31.6. The van der Waals surface area contributed by atoms with Gasteiger partial charge in [0.15, 0.2) is 0 Å². The summed E-state index contributed by atoms with van der Waals surface area (Å²) < 4.78 is 6.11. The Morgan fingerprint density at radius 1 is 0.615 bits per heavy atom. The first-order chi connectivity index (χ1) is 23.7. The first-order valence-electron chi connectivity index (χ1n) is 18.4. The molecule has 9 unspecified atom stereocenters. The first kappa shape index (κ1) is 40.3. The number of halogens is 4. The number of hydrogen-bond acceptors (Lipinski definition) is 0. The maximum Gasteiger partial charge on any atom is -1.00 e. The number of rotatable bonds is 4. The van der Waals surface area contributed by atoms with Gasteiger partial charge in [0.05, 0.1) is 0 Å². The van der Waals surface area contributed by atoms with E-state index < -0.39 is 21.3 Å². The molecule has 8 rings (SSSR count). The third-order valence-corrected chi connectivity index (χ3v) is 26.7. The molecular formula is C47H50Br2Cl2Zr. The van der Waals surface area contributed by atoms with E-state index in [0.29, 0.717) is 9.54 Å². The molecule has 2 aromatic rings. The van der Waals surface area contributed by atoms with Crippen molar-refractivity contribution in [3.8, 4) is 0 Å². The van der Waals surface area contributed by atoms with Crippen LogP contribution in [0.25, 0.3) is 0 Å². The fourth-order valence-electron chi connectivity index (χ4n) is 13.1. The smallest absolute Gasteiger partial charge is 1.00 e. The standard InChI is InChI=1S/C29H37.C13H8Br2.C5H5.2ClH.Zr/c1-21-14-13-15-22-20-27(6)25(4)18-10-9-16-23(25,2)24(3)17-11-12-19-26(24,5)29(27,8)28(21,22)7;14-12-5-1-10(2-6-12)9-11-3-7-13(15)8-4-11;1-2-4-5-3-1;;;/h9-20,22H,1-8H3;1-8H;1-3H,4H2;2*1H;/q;;;;;+2/p-2. The molecule has 0 N–H and O–H groups in total. The summed E-state index contributed by atoms with van der Waals surface area (Å²) in [6.07, 6.45) is 36.0. The van der Waals surface area contributed by atoms with E-state index in [1.165, 1.54) is 11.1 Å². The molecule has 52 heavy (non-hydrogen) atoms. The van der Waals surface area contributed by atoms with Crippen molar-refractivity contribution in [1.82, 2.24) is 0 Å². The van der Waals surface area contributed by atoms with Gasteiger partial charge in [-0.05, 0) is 0 Å². The van der Waals surface area contributed by atoms with Crippen molar-refractivity contribution in [3.63, 3.8) is 0 Å².